The summed E-state index contributed by atoms with van der Waals surface area (Å²) in [6.07, 6.45) is 0. The van der Waals surface area contributed by atoms with Gasteiger partial charge < -0.3 is 15.4 Å². The predicted molar refractivity (Wildman–Crippen MR) is 97.7 cm³/mol. The minimum absolute atomic E-state index is 0.000374. The largest absolute Gasteiger partial charge is 0.495 e. The van der Waals surface area contributed by atoms with E-state index in [4.69, 9.17) is 16.3 Å². The molecule has 132 valence electrons. The van der Waals surface area contributed by atoms with Crippen molar-refractivity contribution >= 4 is 34.6 Å². The second-order valence-electron chi connectivity index (χ2n) is 5.41. The second-order valence-corrected chi connectivity index (χ2v) is 5.82. The first-order chi connectivity index (χ1) is 11.8. The number of hydrogen-bond acceptors (Lipinski definition) is 5. The number of amides is 1. The minimum Gasteiger partial charge on any atom is -0.495 e. The average Bonchev–Trinajstić information content (AvgIpc) is 2.56. The summed E-state index contributed by atoms with van der Waals surface area (Å²) >= 11 is 6.04. The number of carbonyl (C=O) groups excluding carboxylic acids is 1. The summed E-state index contributed by atoms with van der Waals surface area (Å²) in [5.74, 6) is 0.140. The summed E-state index contributed by atoms with van der Waals surface area (Å²) in [7, 11) is 1.49. The van der Waals surface area contributed by atoms with Crippen LogP contribution in [0.4, 0.5) is 17.1 Å². The highest BCUT2D eigenvalue weighted by Crippen LogP contribution is 2.31. The number of nitrogens with one attached hydrogen (secondary N) is 2. The van der Waals surface area contributed by atoms with Crippen LogP contribution in [-0.4, -0.2) is 24.5 Å². The quantitative estimate of drug-likeness (QED) is 0.599. The van der Waals surface area contributed by atoms with Crippen LogP contribution in [0.15, 0.2) is 30.3 Å². The monoisotopic (exact) mass is 363 g/mol. The molecule has 2 rings (SSSR count). The molecule has 7 nitrogen and oxygen atoms in total. The van der Waals surface area contributed by atoms with Gasteiger partial charge in [-0.1, -0.05) is 17.7 Å². The van der Waals surface area contributed by atoms with Crippen LogP contribution >= 0.6 is 11.6 Å². The summed E-state index contributed by atoms with van der Waals surface area (Å²) in [6.45, 7) is 3.40. The zero-order valence-electron chi connectivity index (χ0n) is 14.1. The summed E-state index contributed by atoms with van der Waals surface area (Å²) in [5.41, 5.74) is 2.32. The number of methoxy groups -OCH3 is 1. The Morgan fingerprint density at radius 1 is 1.28 bits per heavy atom. The first-order valence-corrected chi connectivity index (χ1v) is 7.83. The van der Waals surface area contributed by atoms with Crippen molar-refractivity contribution in [3.63, 3.8) is 0 Å². The van der Waals surface area contributed by atoms with Crippen LogP contribution in [-0.2, 0) is 4.79 Å². The lowest BCUT2D eigenvalue weighted by Gasteiger charge is -2.13. The predicted octanol–water partition coefficient (Wildman–Crippen LogP) is 3.92. The van der Waals surface area contributed by atoms with Gasteiger partial charge in [0.15, 0.2) is 0 Å². The third kappa shape index (κ3) is 4.39. The van der Waals surface area contributed by atoms with Gasteiger partial charge in [-0.2, -0.15) is 0 Å². The molecule has 2 aromatic rings. The molecule has 0 saturated carbocycles. The number of carbonyl (C=O) groups is 1. The highest BCUT2D eigenvalue weighted by Gasteiger charge is 2.14. The Labute approximate surface area is 150 Å². The summed E-state index contributed by atoms with van der Waals surface area (Å²) in [4.78, 5) is 22.7. The molecule has 0 saturated heterocycles. The number of nitro benzene ring substituents is 1. The van der Waals surface area contributed by atoms with E-state index in [2.05, 4.69) is 10.6 Å². The van der Waals surface area contributed by atoms with Crippen molar-refractivity contribution < 1.29 is 14.5 Å². The van der Waals surface area contributed by atoms with Crippen molar-refractivity contribution in [1.29, 1.82) is 0 Å². The standard InChI is InChI=1S/C17H18ClN3O4/c1-10-7-14(16(25-3)8-12(10)18)20-17(22)9-19-13-5-4-6-15(11(13)2)21(23)24/h4-8,19H,9H2,1-3H3,(H,20,22). The zero-order valence-corrected chi connectivity index (χ0v) is 14.8. The number of nitro groups is 1. The van der Waals surface area contributed by atoms with Crippen LogP contribution in [0.3, 0.4) is 0 Å². The minimum atomic E-state index is -0.456. The van der Waals surface area contributed by atoms with E-state index in [0.717, 1.165) is 5.56 Å². The fourth-order valence-corrected chi connectivity index (χ4v) is 2.47. The number of nitrogens with zero attached hydrogens (tertiary/aromatic N) is 1. The molecule has 8 heteroatoms. The summed E-state index contributed by atoms with van der Waals surface area (Å²) < 4.78 is 5.21. The second kappa shape index (κ2) is 7.85. The van der Waals surface area contributed by atoms with Crippen molar-refractivity contribution in [2.75, 3.05) is 24.3 Å². The molecule has 2 N–H and O–H groups in total. The van der Waals surface area contributed by atoms with Crippen molar-refractivity contribution in [2.45, 2.75) is 13.8 Å². The maximum absolute atomic E-state index is 12.2. The molecule has 0 aliphatic carbocycles. The normalized spacial score (nSPS) is 10.2. The number of ether oxygens (including phenoxy) is 1. The van der Waals surface area contributed by atoms with Gasteiger partial charge in [0.05, 0.1) is 24.3 Å². The van der Waals surface area contributed by atoms with E-state index < -0.39 is 4.92 Å². The molecule has 0 aromatic heterocycles. The number of rotatable bonds is 6. The first kappa shape index (κ1) is 18.5. The van der Waals surface area contributed by atoms with Crippen molar-refractivity contribution in [2.24, 2.45) is 0 Å². The molecular formula is C17H18ClN3O4. The number of benzene rings is 2. The van der Waals surface area contributed by atoms with Gasteiger partial charge in [0, 0.05) is 28.4 Å². The molecule has 0 unspecified atom stereocenters. The number of anilines is 2. The third-order valence-electron chi connectivity index (χ3n) is 3.70. The molecule has 0 aliphatic heterocycles. The van der Waals surface area contributed by atoms with Crippen molar-refractivity contribution in [3.05, 3.63) is 56.6 Å². The number of halogens is 1. The molecule has 0 atom stereocenters. The molecule has 0 fully saturated rings. The highest BCUT2D eigenvalue weighted by molar-refractivity contribution is 6.31. The van der Waals surface area contributed by atoms with Gasteiger partial charge in [-0.15, -0.1) is 0 Å². The Morgan fingerprint density at radius 3 is 2.64 bits per heavy atom. The van der Waals surface area contributed by atoms with Crippen LogP contribution < -0.4 is 15.4 Å². The van der Waals surface area contributed by atoms with Crippen molar-refractivity contribution in [1.82, 2.24) is 0 Å². The zero-order chi connectivity index (χ0) is 18.6. The molecule has 25 heavy (non-hydrogen) atoms. The average molecular weight is 364 g/mol. The van der Waals surface area contributed by atoms with Gasteiger partial charge in [-0.3, -0.25) is 14.9 Å². The van der Waals surface area contributed by atoms with Crippen LogP contribution in [0.1, 0.15) is 11.1 Å². The molecular weight excluding hydrogens is 346 g/mol. The Bertz CT molecular complexity index is 824. The van der Waals surface area contributed by atoms with E-state index in [1.54, 1.807) is 31.2 Å². The Hall–Kier alpha value is -2.80. The first-order valence-electron chi connectivity index (χ1n) is 7.45. The lowest BCUT2D eigenvalue weighted by Crippen LogP contribution is -2.22. The van der Waals surface area contributed by atoms with Crippen LogP contribution in [0.2, 0.25) is 5.02 Å². The SMILES string of the molecule is COc1cc(Cl)c(C)cc1NC(=O)CNc1cccc([N+](=O)[O-])c1C. The fraction of sp³-hybridized carbons (Fsp3) is 0.235. The van der Waals surface area contributed by atoms with Gasteiger partial charge in [0.25, 0.3) is 5.69 Å². The molecule has 2 aromatic carbocycles. The third-order valence-corrected chi connectivity index (χ3v) is 4.10. The van der Waals surface area contributed by atoms with Crippen LogP contribution in [0.5, 0.6) is 5.75 Å². The topological polar surface area (TPSA) is 93.5 Å². The van der Waals surface area contributed by atoms with Gasteiger partial charge in [0.1, 0.15) is 5.75 Å². The lowest BCUT2D eigenvalue weighted by atomic mass is 10.1. The maximum atomic E-state index is 12.2. The van der Waals surface area contributed by atoms with Gasteiger partial charge in [0.2, 0.25) is 5.91 Å². The molecule has 0 spiro atoms. The van der Waals surface area contributed by atoms with E-state index in [1.165, 1.54) is 13.2 Å². The van der Waals surface area contributed by atoms with E-state index in [-0.39, 0.29) is 18.1 Å². The van der Waals surface area contributed by atoms with Crippen LogP contribution in [0, 0.1) is 24.0 Å². The molecule has 0 aliphatic rings. The van der Waals surface area contributed by atoms with Crippen LogP contribution in [0.25, 0.3) is 0 Å². The van der Waals surface area contributed by atoms with Gasteiger partial charge in [-0.25, -0.2) is 0 Å². The Balaban J connectivity index is 2.08. The van der Waals surface area contributed by atoms with E-state index in [0.29, 0.717) is 27.7 Å². The summed E-state index contributed by atoms with van der Waals surface area (Å²) in [6, 6.07) is 8.02. The van der Waals surface area contributed by atoms with Gasteiger partial charge in [-0.05, 0) is 31.5 Å². The Morgan fingerprint density at radius 2 is 2.00 bits per heavy atom. The highest BCUT2D eigenvalue weighted by atomic mass is 35.5. The smallest absolute Gasteiger partial charge is 0.274 e. The van der Waals surface area contributed by atoms with E-state index in [9.17, 15) is 14.9 Å². The number of aryl methyl sites for hydroxylation is 1. The molecule has 0 radical (unpaired) electrons. The molecule has 0 bridgehead atoms. The lowest BCUT2D eigenvalue weighted by molar-refractivity contribution is -0.385. The van der Waals surface area contributed by atoms with Crippen molar-refractivity contribution in [3.8, 4) is 5.75 Å². The van der Waals surface area contributed by atoms with Gasteiger partial charge >= 0.3 is 0 Å². The number of hydrogen-bond donors (Lipinski definition) is 2. The Kier molecular flexibility index (Phi) is 5.82. The molecule has 0 heterocycles. The maximum Gasteiger partial charge on any atom is 0.274 e. The summed E-state index contributed by atoms with van der Waals surface area (Å²) in [5, 5.41) is 17.1. The van der Waals surface area contributed by atoms with E-state index in [1.807, 2.05) is 6.92 Å². The molecule has 1 amide bonds. The van der Waals surface area contributed by atoms with E-state index >= 15 is 0 Å². The fourth-order valence-electron chi connectivity index (χ4n) is 2.31.